The van der Waals surface area contributed by atoms with Gasteiger partial charge >= 0.3 is 0 Å². The molecule has 0 spiro atoms. The van der Waals surface area contributed by atoms with E-state index in [-0.39, 0.29) is 49.2 Å². The number of carbonyl (C=O) groups excluding carboxylic acids is 2. The van der Waals surface area contributed by atoms with Crippen molar-refractivity contribution in [3.63, 3.8) is 0 Å². The zero-order valence-electron chi connectivity index (χ0n) is 13.9. The lowest BCUT2D eigenvalue weighted by Gasteiger charge is -2.22. The third kappa shape index (κ3) is 4.41. The number of amides is 2. The van der Waals surface area contributed by atoms with Crippen molar-refractivity contribution in [2.75, 3.05) is 24.8 Å². The van der Waals surface area contributed by atoms with Crippen LogP contribution in [0.3, 0.4) is 0 Å². The van der Waals surface area contributed by atoms with Crippen molar-refractivity contribution in [3.05, 3.63) is 23.8 Å². The van der Waals surface area contributed by atoms with Gasteiger partial charge in [-0.05, 0) is 24.1 Å². The van der Waals surface area contributed by atoms with Crippen molar-refractivity contribution in [3.8, 4) is 11.5 Å². The van der Waals surface area contributed by atoms with E-state index in [0.717, 1.165) is 5.56 Å². The van der Waals surface area contributed by atoms with Crippen LogP contribution >= 0.6 is 0 Å². The number of nitrogens with zero attached hydrogens (tertiary/aromatic N) is 1. The highest BCUT2D eigenvalue weighted by Crippen LogP contribution is 2.32. The van der Waals surface area contributed by atoms with Gasteiger partial charge in [0, 0.05) is 19.5 Å². The third-order valence-corrected chi connectivity index (χ3v) is 5.96. The molecule has 0 aliphatic carbocycles. The van der Waals surface area contributed by atoms with Crippen LogP contribution in [0.15, 0.2) is 18.2 Å². The number of carbonyl (C=O) groups is 2. The standard InChI is InChI=1S/C16H20N2O6S/c1-11(19)18(7-12-2-3-14-15(6-12)24-10-23-14)8-16(20)17-13-4-5-25(21,22)9-13/h2-3,6,13H,4-5,7-10H2,1H3,(H,17,20). The van der Waals surface area contributed by atoms with Crippen molar-refractivity contribution >= 4 is 21.7 Å². The molecule has 0 bridgehead atoms. The van der Waals surface area contributed by atoms with Gasteiger partial charge in [-0.3, -0.25) is 9.59 Å². The maximum Gasteiger partial charge on any atom is 0.239 e. The molecule has 2 aliphatic rings. The van der Waals surface area contributed by atoms with Gasteiger partial charge in [-0.15, -0.1) is 0 Å². The smallest absolute Gasteiger partial charge is 0.239 e. The van der Waals surface area contributed by atoms with Crippen molar-refractivity contribution in [2.24, 2.45) is 0 Å². The van der Waals surface area contributed by atoms with Crippen LogP contribution in [0.25, 0.3) is 0 Å². The van der Waals surface area contributed by atoms with E-state index in [1.54, 1.807) is 12.1 Å². The summed E-state index contributed by atoms with van der Waals surface area (Å²) in [6, 6.07) is 4.97. The number of hydrogen-bond acceptors (Lipinski definition) is 6. The van der Waals surface area contributed by atoms with E-state index in [4.69, 9.17) is 9.47 Å². The Morgan fingerprint density at radius 3 is 2.72 bits per heavy atom. The highest BCUT2D eigenvalue weighted by Gasteiger charge is 2.29. The fourth-order valence-corrected chi connectivity index (χ4v) is 4.57. The van der Waals surface area contributed by atoms with Crippen LogP contribution in [0.1, 0.15) is 18.9 Å². The second kappa shape index (κ2) is 6.91. The molecule has 0 radical (unpaired) electrons. The predicted octanol–water partition coefficient (Wildman–Crippen LogP) is 0.0671. The van der Waals surface area contributed by atoms with E-state index in [9.17, 15) is 18.0 Å². The third-order valence-electron chi connectivity index (χ3n) is 4.19. The molecule has 0 saturated carbocycles. The lowest BCUT2D eigenvalue weighted by molar-refractivity contribution is -0.135. The molecule has 1 aromatic carbocycles. The topological polar surface area (TPSA) is 102 Å². The van der Waals surface area contributed by atoms with E-state index in [1.807, 2.05) is 6.07 Å². The van der Waals surface area contributed by atoms with Crippen molar-refractivity contribution in [1.82, 2.24) is 10.2 Å². The summed E-state index contributed by atoms with van der Waals surface area (Å²) in [5.74, 6) is 0.705. The first-order chi connectivity index (χ1) is 11.8. The van der Waals surface area contributed by atoms with Crippen LogP contribution < -0.4 is 14.8 Å². The number of hydrogen-bond donors (Lipinski definition) is 1. The minimum atomic E-state index is -3.06. The molecular weight excluding hydrogens is 348 g/mol. The Kier molecular flexibility index (Phi) is 4.85. The SMILES string of the molecule is CC(=O)N(CC(=O)NC1CCS(=O)(=O)C1)Cc1ccc2c(c1)OCO2. The summed E-state index contributed by atoms with van der Waals surface area (Å²) in [6.45, 7) is 1.69. The normalized spacial score (nSPS) is 20.3. The van der Waals surface area contributed by atoms with Crippen molar-refractivity contribution in [1.29, 1.82) is 0 Å². The van der Waals surface area contributed by atoms with Crippen LogP contribution in [-0.2, 0) is 26.0 Å². The molecule has 3 rings (SSSR count). The monoisotopic (exact) mass is 368 g/mol. The fraction of sp³-hybridized carbons (Fsp3) is 0.500. The Hall–Kier alpha value is -2.29. The van der Waals surface area contributed by atoms with Gasteiger partial charge in [-0.1, -0.05) is 6.07 Å². The molecule has 136 valence electrons. The van der Waals surface area contributed by atoms with E-state index in [1.165, 1.54) is 11.8 Å². The number of fused-ring (bicyclic) bond motifs is 1. The summed E-state index contributed by atoms with van der Waals surface area (Å²) < 4.78 is 33.5. The van der Waals surface area contributed by atoms with Gasteiger partial charge in [0.25, 0.3) is 0 Å². The first kappa shape index (κ1) is 17.5. The maximum absolute atomic E-state index is 12.2. The molecule has 2 heterocycles. The quantitative estimate of drug-likeness (QED) is 0.789. The number of sulfone groups is 1. The first-order valence-electron chi connectivity index (χ1n) is 7.96. The summed E-state index contributed by atoms with van der Waals surface area (Å²) in [4.78, 5) is 25.4. The molecule has 1 saturated heterocycles. The summed E-state index contributed by atoms with van der Waals surface area (Å²) in [5.41, 5.74) is 0.815. The number of rotatable bonds is 5. The predicted molar refractivity (Wildman–Crippen MR) is 88.9 cm³/mol. The van der Waals surface area contributed by atoms with Crippen molar-refractivity contribution in [2.45, 2.75) is 25.9 Å². The van der Waals surface area contributed by atoms with Crippen LogP contribution in [0.4, 0.5) is 0 Å². The van der Waals surface area contributed by atoms with Crippen LogP contribution in [0, 0.1) is 0 Å². The average Bonchev–Trinajstić information content (AvgIpc) is 3.12. The molecule has 8 nitrogen and oxygen atoms in total. The Labute approximate surface area is 146 Å². The maximum atomic E-state index is 12.2. The average molecular weight is 368 g/mol. The Morgan fingerprint density at radius 1 is 1.28 bits per heavy atom. The van der Waals surface area contributed by atoms with Crippen molar-refractivity contribution < 1.29 is 27.5 Å². The van der Waals surface area contributed by atoms with Crippen LogP contribution in [0.2, 0.25) is 0 Å². The minimum absolute atomic E-state index is 0.0407. The molecule has 1 N–H and O–H groups in total. The Balaban J connectivity index is 1.59. The number of nitrogens with one attached hydrogen (secondary N) is 1. The summed E-state index contributed by atoms with van der Waals surface area (Å²) in [5, 5.41) is 2.69. The number of ether oxygens (including phenoxy) is 2. The Morgan fingerprint density at radius 2 is 2.04 bits per heavy atom. The first-order valence-corrected chi connectivity index (χ1v) is 9.78. The molecule has 25 heavy (non-hydrogen) atoms. The summed E-state index contributed by atoms with van der Waals surface area (Å²) >= 11 is 0. The molecular formula is C16H20N2O6S. The molecule has 1 aromatic rings. The Bertz CT molecular complexity index is 792. The summed E-state index contributed by atoms with van der Waals surface area (Å²) in [6.07, 6.45) is 0.413. The molecule has 9 heteroatoms. The van der Waals surface area contributed by atoms with Gasteiger partial charge in [0.05, 0.1) is 18.1 Å². The lowest BCUT2D eigenvalue weighted by Crippen LogP contribution is -2.43. The molecule has 1 fully saturated rings. The second-order valence-electron chi connectivity index (χ2n) is 6.23. The largest absolute Gasteiger partial charge is 0.454 e. The van der Waals surface area contributed by atoms with Gasteiger partial charge in [-0.2, -0.15) is 0 Å². The lowest BCUT2D eigenvalue weighted by atomic mass is 10.2. The van der Waals surface area contributed by atoms with Gasteiger partial charge in [0.2, 0.25) is 18.6 Å². The highest BCUT2D eigenvalue weighted by molar-refractivity contribution is 7.91. The highest BCUT2D eigenvalue weighted by atomic mass is 32.2. The van der Waals surface area contributed by atoms with Crippen LogP contribution in [0.5, 0.6) is 11.5 Å². The van der Waals surface area contributed by atoms with Gasteiger partial charge in [0.1, 0.15) is 0 Å². The van der Waals surface area contributed by atoms with E-state index in [2.05, 4.69) is 5.32 Å². The molecule has 2 amide bonds. The van der Waals surface area contributed by atoms with E-state index in [0.29, 0.717) is 17.9 Å². The van der Waals surface area contributed by atoms with E-state index < -0.39 is 9.84 Å². The fourth-order valence-electron chi connectivity index (χ4n) is 2.89. The molecule has 0 aromatic heterocycles. The molecule has 2 aliphatic heterocycles. The van der Waals surface area contributed by atoms with Crippen LogP contribution in [-0.4, -0.2) is 56.0 Å². The minimum Gasteiger partial charge on any atom is -0.454 e. The zero-order valence-corrected chi connectivity index (χ0v) is 14.7. The zero-order chi connectivity index (χ0) is 18.0. The van der Waals surface area contributed by atoms with Gasteiger partial charge in [-0.25, -0.2) is 8.42 Å². The van der Waals surface area contributed by atoms with Gasteiger partial charge < -0.3 is 19.7 Å². The number of benzene rings is 1. The molecule has 1 unspecified atom stereocenters. The van der Waals surface area contributed by atoms with E-state index >= 15 is 0 Å². The van der Waals surface area contributed by atoms with Gasteiger partial charge in [0.15, 0.2) is 21.3 Å². The molecule has 1 atom stereocenters. The second-order valence-corrected chi connectivity index (χ2v) is 8.46. The summed E-state index contributed by atoms with van der Waals surface area (Å²) in [7, 11) is -3.06.